The van der Waals surface area contributed by atoms with Crippen molar-refractivity contribution in [1.82, 2.24) is 14.8 Å². The van der Waals surface area contributed by atoms with E-state index in [0.29, 0.717) is 17.9 Å². The molecule has 0 saturated heterocycles. The Morgan fingerprint density at radius 1 is 1.35 bits per heavy atom. The Kier molecular flexibility index (Phi) is 5.95. The number of nitrogens with two attached hydrogens (primary N) is 1. The summed E-state index contributed by atoms with van der Waals surface area (Å²) in [6.07, 6.45) is 0.769. The fourth-order valence-electron chi connectivity index (χ4n) is 2.36. The average molecular weight is 278 g/mol. The van der Waals surface area contributed by atoms with Gasteiger partial charge in [-0.25, -0.2) is 4.98 Å². The maximum Gasteiger partial charge on any atom is 0.254 e. The van der Waals surface area contributed by atoms with Crippen molar-refractivity contribution in [3.8, 4) is 0 Å². The second kappa shape index (κ2) is 7.24. The molecule has 1 rings (SSSR count). The average Bonchev–Trinajstić information content (AvgIpc) is 2.37. The molecule has 0 saturated carbocycles. The number of aromatic nitrogens is 1. The van der Waals surface area contributed by atoms with Crippen LogP contribution in [0.1, 0.15) is 36.8 Å². The molecule has 5 nitrogen and oxygen atoms in total. The van der Waals surface area contributed by atoms with Crippen molar-refractivity contribution in [2.45, 2.75) is 33.2 Å². The maximum atomic E-state index is 12.6. The number of aryl methyl sites for hydroxylation is 1. The molecule has 1 aromatic heterocycles. The third-order valence-electron chi connectivity index (χ3n) is 3.27. The van der Waals surface area contributed by atoms with Gasteiger partial charge in [-0.2, -0.15) is 0 Å². The first-order valence-corrected chi connectivity index (χ1v) is 7.11. The lowest BCUT2D eigenvalue weighted by molar-refractivity contribution is 0.0679. The minimum absolute atomic E-state index is 0.0191. The lowest BCUT2D eigenvalue weighted by Gasteiger charge is -2.30. The zero-order valence-corrected chi connectivity index (χ0v) is 13.2. The van der Waals surface area contributed by atoms with Gasteiger partial charge in [-0.05, 0) is 46.5 Å². The normalized spacial score (nSPS) is 12.5. The minimum atomic E-state index is 0.0191. The number of hydrogen-bond acceptors (Lipinski definition) is 4. The predicted molar refractivity (Wildman–Crippen MR) is 82.8 cm³/mol. The molecule has 1 atom stereocenters. The number of nitrogens with zero attached hydrogens (tertiary/aromatic N) is 3. The molecule has 112 valence electrons. The Labute approximate surface area is 121 Å². The lowest BCUT2D eigenvalue weighted by Crippen LogP contribution is -2.43. The number of amides is 1. The van der Waals surface area contributed by atoms with E-state index in [1.807, 2.05) is 38.9 Å². The number of pyridine rings is 1. The Bertz CT molecular complexity index is 459. The summed E-state index contributed by atoms with van der Waals surface area (Å²) in [5.74, 6) is 0.426. The molecule has 1 heterocycles. The highest BCUT2D eigenvalue weighted by atomic mass is 16.2. The summed E-state index contributed by atoms with van der Waals surface area (Å²) in [6, 6.07) is 3.65. The standard InChI is InChI=1S/C15H26N4O/c1-6-13-8-12(9-14(16)17-13)15(20)19(7-2)11(3)10-18(4)5/h8-9,11H,6-7,10H2,1-5H3,(H2,16,17). The van der Waals surface area contributed by atoms with E-state index >= 15 is 0 Å². The van der Waals surface area contributed by atoms with Crippen LogP contribution in [0, 0.1) is 0 Å². The quantitative estimate of drug-likeness (QED) is 0.859. The zero-order chi connectivity index (χ0) is 15.3. The molecule has 0 aliphatic rings. The highest BCUT2D eigenvalue weighted by Crippen LogP contribution is 2.13. The van der Waals surface area contributed by atoms with E-state index in [9.17, 15) is 4.79 Å². The van der Waals surface area contributed by atoms with Crippen LogP contribution in [0.25, 0.3) is 0 Å². The lowest BCUT2D eigenvalue weighted by atomic mass is 10.1. The number of nitrogen functional groups attached to an aromatic ring is 1. The topological polar surface area (TPSA) is 62.5 Å². The van der Waals surface area contributed by atoms with Gasteiger partial charge in [0.05, 0.1) is 0 Å². The number of carbonyl (C=O) groups is 1. The van der Waals surface area contributed by atoms with Crippen LogP contribution in [0.2, 0.25) is 0 Å². The van der Waals surface area contributed by atoms with Crippen LogP contribution in [-0.4, -0.2) is 53.9 Å². The van der Waals surface area contributed by atoms with Crippen molar-refractivity contribution >= 4 is 11.7 Å². The fourth-order valence-corrected chi connectivity index (χ4v) is 2.36. The number of rotatable bonds is 6. The molecule has 2 N–H and O–H groups in total. The summed E-state index contributed by atoms with van der Waals surface area (Å²) in [6.45, 7) is 7.57. The number of hydrogen-bond donors (Lipinski definition) is 1. The number of anilines is 1. The molecular weight excluding hydrogens is 252 g/mol. The number of carbonyl (C=O) groups excluding carboxylic acids is 1. The molecule has 20 heavy (non-hydrogen) atoms. The van der Waals surface area contributed by atoms with Crippen LogP contribution >= 0.6 is 0 Å². The molecule has 0 bridgehead atoms. The Hall–Kier alpha value is -1.62. The van der Waals surface area contributed by atoms with E-state index in [0.717, 1.165) is 18.7 Å². The van der Waals surface area contributed by atoms with Crippen molar-refractivity contribution in [3.63, 3.8) is 0 Å². The van der Waals surface area contributed by atoms with Gasteiger partial charge in [0.1, 0.15) is 5.82 Å². The van der Waals surface area contributed by atoms with Crippen molar-refractivity contribution in [1.29, 1.82) is 0 Å². The molecule has 5 heteroatoms. The second-order valence-corrected chi connectivity index (χ2v) is 5.33. The zero-order valence-electron chi connectivity index (χ0n) is 13.2. The SMILES string of the molecule is CCc1cc(C(=O)N(CC)C(C)CN(C)C)cc(N)n1. The van der Waals surface area contributed by atoms with E-state index in [-0.39, 0.29) is 11.9 Å². The van der Waals surface area contributed by atoms with Crippen LogP contribution in [0.5, 0.6) is 0 Å². The smallest absolute Gasteiger partial charge is 0.254 e. The highest BCUT2D eigenvalue weighted by molar-refractivity contribution is 5.95. The van der Waals surface area contributed by atoms with Crippen molar-refractivity contribution in [2.24, 2.45) is 0 Å². The first-order valence-electron chi connectivity index (χ1n) is 7.11. The third kappa shape index (κ3) is 4.20. The predicted octanol–water partition coefficient (Wildman–Crippen LogP) is 1.64. The molecule has 0 spiro atoms. The van der Waals surface area contributed by atoms with Gasteiger partial charge in [-0.15, -0.1) is 0 Å². The van der Waals surface area contributed by atoms with Gasteiger partial charge in [0, 0.05) is 30.4 Å². The van der Waals surface area contributed by atoms with Gasteiger partial charge in [0.2, 0.25) is 0 Å². The van der Waals surface area contributed by atoms with Gasteiger partial charge >= 0.3 is 0 Å². The highest BCUT2D eigenvalue weighted by Gasteiger charge is 2.21. The molecule has 0 aliphatic heterocycles. The Balaban J connectivity index is 2.98. The van der Waals surface area contributed by atoms with E-state index in [1.165, 1.54) is 0 Å². The van der Waals surface area contributed by atoms with E-state index in [4.69, 9.17) is 5.73 Å². The Morgan fingerprint density at radius 2 is 2.00 bits per heavy atom. The Morgan fingerprint density at radius 3 is 2.50 bits per heavy atom. The summed E-state index contributed by atoms with van der Waals surface area (Å²) in [5.41, 5.74) is 7.26. The summed E-state index contributed by atoms with van der Waals surface area (Å²) in [5, 5.41) is 0. The van der Waals surface area contributed by atoms with Crippen LogP contribution in [0.4, 0.5) is 5.82 Å². The summed E-state index contributed by atoms with van der Waals surface area (Å²) >= 11 is 0. The molecule has 1 amide bonds. The molecule has 1 unspecified atom stereocenters. The van der Waals surface area contributed by atoms with Crippen LogP contribution in [0.3, 0.4) is 0 Å². The van der Waals surface area contributed by atoms with E-state index < -0.39 is 0 Å². The van der Waals surface area contributed by atoms with Crippen molar-refractivity contribution in [2.75, 3.05) is 32.9 Å². The molecule has 0 radical (unpaired) electrons. The molecule has 0 aromatic carbocycles. The molecule has 0 fully saturated rings. The minimum Gasteiger partial charge on any atom is -0.384 e. The van der Waals surface area contributed by atoms with E-state index in [1.54, 1.807) is 6.07 Å². The molecule has 0 aliphatic carbocycles. The van der Waals surface area contributed by atoms with Gasteiger partial charge in [0.25, 0.3) is 5.91 Å². The second-order valence-electron chi connectivity index (χ2n) is 5.33. The number of likely N-dealkylation sites (N-methyl/N-ethyl adjacent to an activating group) is 2. The summed E-state index contributed by atoms with van der Waals surface area (Å²) in [7, 11) is 4.02. The molecular formula is C15H26N4O. The van der Waals surface area contributed by atoms with Crippen LogP contribution in [0.15, 0.2) is 12.1 Å². The third-order valence-corrected chi connectivity index (χ3v) is 3.27. The summed E-state index contributed by atoms with van der Waals surface area (Å²) in [4.78, 5) is 20.8. The van der Waals surface area contributed by atoms with Gasteiger partial charge in [-0.3, -0.25) is 4.79 Å². The monoisotopic (exact) mass is 278 g/mol. The van der Waals surface area contributed by atoms with Gasteiger partial charge in [0.15, 0.2) is 0 Å². The fraction of sp³-hybridized carbons (Fsp3) is 0.600. The summed E-state index contributed by atoms with van der Waals surface area (Å²) < 4.78 is 0. The van der Waals surface area contributed by atoms with Crippen molar-refractivity contribution in [3.05, 3.63) is 23.4 Å². The van der Waals surface area contributed by atoms with Crippen LogP contribution in [-0.2, 0) is 6.42 Å². The van der Waals surface area contributed by atoms with Crippen LogP contribution < -0.4 is 5.73 Å². The first kappa shape index (κ1) is 16.4. The van der Waals surface area contributed by atoms with Crippen molar-refractivity contribution < 1.29 is 4.79 Å². The van der Waals surface area contributed by atoms with Gasteiger partial charge in [-0.1, -0.05) is 6.92 Å². The van der Waals surface area contributed by atoms with E-state index in [2.05, 4.69) is 16.8 Å². The molecule has 1 aromatic rings. The maximum absolute atomic E-state index is 12.6. The first-order chi connectivity index (χ1) is 9.38. The van der Waals surface area contributed by atoms with Gasteiger partial charge < -0.3 is 15.5 Å². The largest absolute Gasteiger partial charge is 0.384 e.